The molecule has 1 fully saturated rings. The Hall–Kier alpha value is -1.12. The molecule has 0 amide bonds. The van der Waals surface area contributed by atoms with Crippen molar-refractivity contribution in [3.63, 3.8) is 0 Å². The van der Waals surface area contributed by atoms with E-state index in [0.717, 1.165) is 23.4 Å². The zero-order valence-corrected chi connectivity index (χ0v) is 18.5. The molecule has 1 aromatic carbocycles. The van der Waals surface area contributed by atoms with Crippen LogP contribution in [0, 0.1) is 5.92 Å². The molecule has 154 valence electrons. The molecule has 2 aliphatic carbocycles. The number of fused-ring (bicyclic) bond motifs is 2. The summed E-state index contributed by atoms with van der Waals surface area (Å²) in [5.74, 6) is 0.746. The second-order valence-corrected chi connectivity index (χ2v) is 10.7. The molecule has 4 rings (SSSR count). The van der Waals surface area contributed by atoms with E-state index in [1.807, 2.05) is 5.57 Å². The van der Waals surface area contributed by atoms with Gasteiger partial charge in [-0.2, -0.15) is 0 Å². The average Bonchev–Trinajstić information content (AvgIpc) is 2.68. The molecule has 0 spiro atoms. The third kappa shape index (κ3) is 3.96. The molecule has 1 aromatic rings. The van der Waals surface area contributed by atoms with Crippen LogP contribution in [0.3, 0.4) is 0 Å². The van der Waals surface area contributed by atoms with Crippen molar-refractivity contribution in [2.75, 3.05) is 14.1 Å². The molecular weight excluding hydrogens is 342 g/mol. The third-order valence-corrected chi connectivity index (χ3v) is 8.18. The average molecular weight is 383 g/mol. The standard InChI is InChI=1S/C26H40NO/c1-26(2,27(3,4)19-20-12-6-5-7-13-20)18-25-23-16-9-8-14-21(23)22-15-10-11-17-24(22)28-25/h5-7,12-13,22,24-25H,8-11,14-19H2,1-4H3/q+1/t22-,24+,25-/m1/s1. The molecule has 0 bridgehead atoms. The highest BCUT2D eigenvalue weighted by Gasteiger charge is 2.45. The number of nitrogens with zero attached hydrogens (tertiary/aromatic N) is 1. The SMILES string of the molecule is CC(C)(C[C@H]1O[C@H]2CCCC[C@@H]2C2=C1CCCC2)[N+](C)(C)Cc1ccccc1. The summed E-state index contributed by atoms with van der Waals surface area (Å²) in [5, 5.41) is 0. The molecule has 2 nitrogen and oxygen atoms in total. The van der Waals surface area contributed by atoms with Crippen LogP contribution in [0.25, 0.3) is 0 Å². The van der Waals surface area contributed by atoms with E-state index < -0.39 is 0 Å². The van der Waals surface area contributed by atoms with E-state index in [1.165, 1.54) is 56.9 Å². The number of quaternary nitrogens is 1. The van der Waals surface area contributed by atoms with E-state index in [1.54, 1.807) is 5.57 Å². The van der Waals surface area contributed by atoms with Gasteiger partial charge in [-0.15, -0.1) is 0 Å². The van der Waals surface area contributed by atoms with Crippen LogP contribution >= 0.6 is 0 Å². The van der Waals surface area contributed by atoms with Gasteiger partial charge in [0.2, 0.25) is 0 Å². The maximum atomic E-state index is 6.87. The van der Waals surface area contributed by atoms with Gasteiger partial charge < -0.3 is 9.22 Å². The fourth-order valence-electron chi connectivity index (χ4n) is 5.82. The van der Waals surface area contributed by atoms with Gasteiger partial charge in [0.25, 0.3) is 0 Å². The van der Waals surface area contributed by atoms with Gasteiger partial charge in [0, 0.05) is 17.9 Å². The van der Waals surface area contributed by atoms with Gasteiger partial charge in [0.05, 0.1) is 31.8 Å². The fourth-order valence-corrected chi connectivity index (χ4v) is 5.82. The molecule has 1 heterocycles. The first-order chi connectivity index (χ1) is 13.4. The Kier molecular flexibility index (Phi) is 5.73. The van der Waals surface area contributed by atoms with Gasteiger partial charge in [-0.25, -0.2) is 0 Å². The Morgan fingerprint density at radius 2 is 1.61 bits per heavy atom. The van der Waals surface area contributed by atoms with E-state index >= 15 is 0 Å². The minimum atomic E-state index is 0.164. The number of benzene rings is 1. The molecule has 0 N–H and O–H groups in total. The predicted molar refractivity (Wildman–Crippen MR) is 117 cm³/mol. The molecule has 28 heavy (non-hydrogen) atoms. The Bertz CT molecular complexity index is 702. The maximum absolute atomic E-state index is 6.87. The van der Waals surface area contributed by atoms with Crippen LogP contribution in [-0.4, -0.2) is 36.3 Å². The Morgan fingerprint density at radius 3 is 2.36 bits per heavy atom. The lowest BCUT2D eigenvalue weighted by molar-refractivity contribution is -0.951. The Labute approximate surface area is 172 Å². The van der Waals surface area contributed by atoms with Gasteiger partial charge in [0.1, 0.15) is 6.54 Å². The highest BCUT2D eigenvalue weighted by Crippen LogP contribution is 2.47. The summed E-state index contributed by atoms with van der Waals surface area (Å²) in [6.07, 6.45) is 12.8. The molecule has 0 radical (unpaired) electrons. The summed E-state index contributed by atoms with van der Waals surface area (Å²) >= 11 is 0. The van der Waals surface area contributed by atoms with Crippen molar-refractivity contribution >= 4 is 0 Å². The molecule has 0 aromatic heterocycles. The fraction of sp³-hybridized carbons (Fsp3) is 0.692. The van der Waals surface area contributed by atoms with Gasteiger partial charge in [0.15, 0.2) is 0 Å². The lowest BCUT2D eigenvalue weighted by atomic mass is 9.71. The van der Waals surface area contributed by atoms with E-state index in [4.69, 9.17) is 4.74 Å². The normalized spacial score (nSPS) is 28.6. The number of hydrogen-bond acceptors (Lipinski definition) is 1. The van der Waals surface area contributed by atoms with E-state index in [2.05, 4.69) is 58.3 Å². The molecule has 2 heteroatoms. The van der Waals surface area contributed by atoms with Gasteiger partial charge >= 0.3 is 0 Å². The minimum absolute atomic E-state index is 0.164. The predicted octanol–water partition coefficient (Wildman–Crippen LogP) is 6.26. The van der Waals surface area contributed by atoms with Crippen molar-refractivity contribution in [1.29, 1.82) is 0 Å². The molecule has 1 aliphatic heterocycles. The van der Waals surface area contributed by atoms with Crippen LogP contribution in [0.4, 0.5) is 0 Å². The molecule has 3 aliphatic rings. The summed E-state index contributed by atoms with van der Waals surface area (Å²) in [4.78, 5) is 0. The molecule has 3 atom stereocenters. The summed E-state index contributed by atoms with van der Waals surface area (Å²) in [6, 6.07) is 11.0. The van der Waals surface area contributed by atoms with Crippen molar-refractivity contribution in [2.45, 2.75) is 95.9 Å². The van der Waals surface area contributed by atoms with Crippen molar-refractivity contribution in [3.05, 3.63) is 47.0 Å². The Morgan fingerprint density at radius 1 is 0.929 bits per heavy atom. The number of ether oxygens (including phenoxy) is 1. The lowest BCUT2D eigenvalue weighted by Crippen LogP contribution is -2.57. The zero-order chi connectivity index (χ0) is 19.8. The van der Waals surface area contributed by atoms with E-state index in [0.29, 0.717) is 12.2 Å². The molecule has 0 saturated heterocycles. The zero-order valence-electron chi connectivity index (χ0n) is 18.5. The lowest BCUT2D eigenvalue weighted by Gasteiger charge is -2.50. The second kappa shape index (κ2) is 7.95. The monoisotopic (exact) mass is 382 g/mol. The van der Waals surface area contributed by atoms with E-state index in [-0.39, 0.29) is 5.54 Å². The molecular formula is C26H40NO+. The maximum Gasteiger partial charge on any atom is 0.104 e. The highest BCUT2D eigenvalue weighted by molar-refractivity contribution is 5.28. The quantitative estimate of drug-likeness (QED) is 0.431. The topological polar surface area (TPSA) is 9.23 Å². The first-order valence-electron chi connectivity index (χ1n) is 11.6. The summed E-state index contributed by atoms with van der Waals surface area (Å²) < 4.78 is 7.87. The van der Waals surface area contributed by atoms with Crippen LogP contribution < -0.4 is 0 Å². The van der Waals surface area contributed by atoms with Crippen LogP contribution in [0.2, 0.25) is 0 Å². The minimum Gasteiger partial charge on any atom is -0.370 e. The van der Waals surface area contributed by atoms with Gasteiger partial charge in [-0.05, 0) is 57.9 Å². The smallest absolute Gasteiger partial charge is 0.104 e. The summed E-state index contributed by atoms with van der Waals surface area (Å²) in [5.41, 5.74) is 5.13. The number of hydrogen-bond donors (Lipinski definition) is 0. The van der Waals surface area contributed by atoms with Crippen LogP contribution in [-0.2, 0) is 11.3 Å². The Balaban J connectivity index is 1.55. The molecule has 1 saturated carbocycles. The summed E-state index contributed by atoms with van der Waals surface area (Å²) in [7, 11) is 4.80. The van der Waals surface area contributed by atoms with E-state index in [9.17, 15) is 0 Å². The van der Waals surface area contributed by atoms with Gasteiger partial charge in [-0.1, -0.05) is 48.7 Å². The highest BCUT2D eigenvalue weighted by atomic mass is 16.5. The first-order valence-corrected chi connectivity index (χ1v) is 11.6. The third-order valence-electron chi connectivity index (χ3n) is 8.18. The van der Waals surface area contributed by atoms with Crippen LogP contribution in [0.5, 0.6) is 0 Å². The van der Waals surface area contributed by atoms with Crippen molar-refractivity contribution in [3.8, 4) is 0 Å². The van der Waals surface area contributed by atoms with Crippen molar-refractivity contribution in [2.24, 2.45) is 5.92 Å². The number of rotatable bonds is 5. The van der Waals surface area contributed by atoms with Crippen molar-refractivity contribution < 1.29 is 9.22 Å². The van der Waals surface area contributed by atoms with Crippen LogP contribution in [0.15, 0.2) is 41.5 Å². The van der Waals surface area contributed by atoms with Crippen LogP contribution in [0.1, 0.15) is 77.2 Å². The largest absolute Gasteiger partial charge is 0.370 e. The van der Waals surface area contributed by atoms with Crippen molar-refractivity contribution in [1.82, 2.24) is 0 Å². The first kappa shape index (κ1) is 20.2. The van der Waals surface area contributed by atoms with Gasteiger partial charge in [-0.3, -0.25) is 0 Å². The second-order valence-electron chi connectivity index (χ2n) is 10.7. The molecule has 0 unspecified atom stereocenters. The summed E-state index contributed by atoms with van der Waals surface area (Å²) in [6.45, 7) is 5.98.